The highest BCUT2D eigenvalue weighted by Gasteiger charge is 2.21. The molecule has 1 aliphatic rings. The molecule has 0 atom stereocenters. The number of aromatic nitrogens is 2. The van der Waals surface area contributed by atoms with Gasteiger partial charge in [0.1, 0.15) is 18.2 Å². The quantitative estimate of drug-likeness (QED) is 0.875. The lowest BCUT2D eigenvalue weighted by atomic mass is 9.89. The van der Waals surface area contributed by atoms with E-state index in [2.05, 4.69) is 22.2 Å². The van der Waals surface area contributed by atoms with Gasteiger partial charge in [0.2, 0.25) is 5.88 Å². The molecule has 1 heterocycles. The zero-order valence-corrected chi connectivity index (χ0v) is 10.9. The molecule has 1 aromatic rings. The van der Waals surface area contributed by atoms with Crippen LogP contribution in [-0.4, -0.2) is 23.1 Å². The lowest BCUT2D eigenvalue weighted by Gasteiger charge is -2.27. The molecule has 1 N–H and O–H groups in total. The third kappa shape index (κ3) is 2.87. The third-order valence-corrected chi connectivity index (χ3v) is 3.52. The van der Waals surface area contributed by atoms with Crippen LogP contribution in [0.25, 0.3) is 0 Å². The fraction of sp³-hybridized carbons (Fsp3) is 0.692. The van der Waals surface area contributed by atoms with Gasteiger partial charge in [-0.2, -0.15) is 0 Å². The third-order valence-electron chi connectivity index (χ3n) is 3.52. The Morgan fingerprint density at radius 2 is 1.94 bits per heavy atom. The molecular formula is C13H21N3O. The van der Waals surface area contributed by atoms with Gasteiger partial charge in [0.15, 0.2) is 0 Å². The maximum absolute atomic E-state index is 5.99. The van der Waals surface area contributed by atoms with Gasteiger partial charge >= 0.3 is 0 Å². The molecule has 0 radical (unpaired) electrons. The summed E-state index contributed by atoms with van der Waals surface area (Å²) in [6.45, 7) is 4.30. The van der Waals surface area contributed by atoms with E-state index < -0.39 is 0 Å². The Morgan fingerprint density at radius 1 is 1.24 bits per heavy atom. The molecule has 0 spiro atoms. The van der Waals surface area contributed by atoms with Gasteiger partial charge in [-0.1, -0.05) is 6.92 Å². The van der Waals surface area contributed by atoms with Crippen LogP contribution in [0.4, 0.5) is 5.82 Å². The van der Waals surface area contributed by atoms with Gasteiger partial charge in [0.05, 0.1) is 5.56 Å². The average molecular weight is 235 g/mol. The minimum atomic E-state index is 0.324. The summed E-state index contributed by atoms with van der Waals surface area (Å²) in [7, 11) is 1.86. The first kappa shape index (κ1) is 12.1. The summed E-state index contributed by atoms with van der Waals surface area (Å²) in [5.74, 6) is 2.41. The molecule has 1 aromatic heterocycles. The lowest BCUT2D eigenvalue weighted by molar-refractivity contribution is 0.129. The number of hydrogen-bond donors (Lipinski definition) is 1. The Kier molecular flexibility index (Phi) is 3.82. The topological polar surface area (TPSA) is 47.0 Å². The molecule has 0 unspecified atom stereocenters. The maximum atomic E-state index is 5.99. The standard InChI is InChI=1S/C13H21N3O/c1-9-4-6-11(7-5-9)17-13-10(2)12(14-3)15-8-16-13/h8-9,11H,4-7H2,1-3H3,(H,14,15,16). The molecule has 0 amide bonds. The number of nitrogens with zero attached hydrogens (tertiary/aromatic N) is 2. The highest BCUT2D eigenvalue weighted by molar-refractivity contribution is 5.46. The Hall–Kier alpha value is -1.32. The number of anilines is 1. The first-order valence-corrected chi connectivity index (χ1v) is 6.36. The van der Waals surface area contributed by atoms with Crippen molar-refractivity contribution < 1.29 is 4.74 Å². The lowest BCUT2D eigenvalue weighted by Crippen LogP contribution is -2.24. The molecule has 1 fully saturated rings. The van der Waals surface area contributed by atoms with Gasteiger partial charge in [-0.25, -0.2) is 9.97 Å². The molecule has 0 bridgehead atoms. The highest BCUT2D eigenvalue weighted by atomic mass is 16.5. The summed E-state index contributed by atoms with van der Waals surface area (Å²) in [4.78, 5) is 8.39. The predicted molar refractivity (Wildman–Crippen MR) is 68.4 cm³/mol. The van der Waals surface area contributed by atoms with E-state index >= 15 is 0 Å². The van der Waals surface area contributed by atoms with Crippen LogP contribution in [0, 0.1) is 12.8 Å². The molecule has 0 saturated heterocycles. The summed E-state index contributed by atoms with van der Waals surface area (Å²) in [5, 5.41) is 3.05. The number of rotatable bonds is 3. The fourth-order valence-corrected chi connectivity index (χ4v) is 2.31. The van der Waals surface area contributed by atoms with Crippen molar-refractivity contribution in [1.82, 2.24) is 9.97 Å². The molecule has 17 heavy (non-hydrogen) atoms. The molecule has 1 saturated carbocycles. The highest BCUT2D eigenvalue weighted by Crippen LogP contribution is 2.28. The SMILES string of the molecule is CNc1ncnc(OC2CCC(C)CC2)c1C. The van der Waals surface area contributed by atoms with E-state index in [4.69, 9.17) is 4.74 Å². The van der Waals surface area contributed by atoms with Crippen LogP contribution in [0.1, 0.15) is 38.2 Å². The number of ether oxygens (including phenoxy) is 1. The predicted octanol–water partition coefficient (Wildman–Crippen LogP) is 2.78. The van der Waals surface area contributed by atoms with Crippen molar-refractivity contribution in [2.75, 3.05) is 12.4 Å². The van der Waals surface area contributed by atoms with Crippen LogP contribution in [0.15, 0.2) is 6.33 Å². The van der Waals surface area contributed by atoms with Gasteiger partial charge in [0.25, 0.3) is 0 Å². The second-order valence-electron chi connectivity index (χ2n) is 4.90. The van der Waals surface area contributed by atoms with Gasteiger partial charge < -0.3 is 10.1 Å². The summed E-state index contributed by atoms with van der Waals surface area (Å²) >= 11 is 0. The zero-order chi connectivity index (χ0) is 12.3. The van der Waals surface area contributed by atoms with E-state index in [-0.39, 0.29) is 0 Å². The molecule has 0 aliphatic heterocycles. The Labute approximate surface area is 103 Å². The molecule has 2 rings (SSSR count). The molecule has 1 aliphatic carbocycles. The van der Waals surface area contributed by atoms with Gasteiger partial charge in [-0.15, -0.1) is 0 Å². The Morgan fingerprint density at radius 3 is 2.59 bits per heavy atom. The zero-order valence-electron chi connectivity index (χ0n) is 10.9. The first-order chi connectivity index (χ1) is 8.20. The monoisotopic (exact) mass is 235 g/mol. The van der Waals surface area contributed by atoms with Crippen molar-refractivity contribution >= 4 is 5.82 Å². The van der Waals surface area contributed by atoms with Crippen LogP contribution in [0.2, 0.25) is 0 Å². The van der Waals surface area contributed by atoms with E-state index in [0.717, 1.165) is 36.0 Å². The van der Waals surface area contributed by atoms with Crippen molar-refractivity contribution in [1.29, 1.82) is 0 Å². The van der Waals surface area contributed by atoms with Crippen molar-refractivity contribution in [2.45, 2.75) is 45.6 Å². The Balaban J connectivity index is 2.03. The Bertz CT molecular complexity index is 373. The van der Waals surface area contributed by atoms with E-state index in [9.17, 15) is 0 Å². The molecule has 4 nitrogen and oxygen atoms in total. The van der Waals surface area contributed by atoms with Crippen LogP contribution >= 0.6 is 0 Å². The normalized spacial score (nSPS) is 24.4. The number of hydrogen-bond acceptors (Lipinski definition) is 4. The molecule has 4 heteroatoms. The van der Waals surface area contributed by atoms with E-state index in [0.29, 0.717) is 6.10 Å². The first-order valence-electron chi connectivity index (χ1n) is 6.36. The van der Waals surface area contributed by atoms with Crippen molar-refractivity contribution in [3.05, 3.63) is 11.9 Å². The summed E-state index contributed by atoms with van der Waals surface area (Å²) < 4.78 is 5.99. The van der Waals surface area contributed by atoms with Crippen LogP contribution < -0.4 is 10.1 Å². The van der Waals surface area contributed by atoms with E-state index in [1.54, 1.807) is 6.33 Å². The summed E-state index contributed by atoms with van der Waals surface area (Å²) in [6.07, 6.45) is 6.67. The van der Waals surface area contributed by atoms with Gasteiger partial charge in [-0.3, -0.25) is 0 Å². The second kappa shape index (κ2) is 5.34. The average Bonchev–Trinajstić information content (AvgIpc) is 2.35. The fourth-order valence-electron chi connectivity index (χ4n) is 2.31. The van der Waals surface area contributed by atoms with Crippen molar-refractivity contribution in [2.24, 2.45) is 5.92 Å². The van der Waals surface area contributed by atoms with Crippen LogP contribution in [0.5, 0.6) is 5.88 Å². The van der Waals surface area contributed by atoms with E-state index in [1.165, 1.54) is 12.8 Å². The molecule has 0 aromatic carbocycles. The van der Waals surface area contributed by atoms with Gasteiger partial charge in [-0.05, 0) is 38.5 Å². The van der Waals surface area contributed by atoms with Crippen LogP contribution in [0.3, 0.4) is 0 Å². The van der Waals surface area contributed by atoms with Gasteiger partial charge in [0, 0.05) is 7.05 Å². The van der Waals surface area contributed by atoms with Crippen molar-refractivity contribution in [3.63, 3.8) is 0 Å². The molecule has 94 valence electrons. The maximum Gasteiger partial charge on any atom is 0.221 e. The minimum Gasteiger partial charge on any atom is -0.474 e. The summed E-state index contributed by atoms with van der Waals surface area (Å²) in [5.41, 5.74) is 0.994. The second-order valence-corrected chi connectivity index (χ2v) is 4.90. The summed E-state index contributed by atoms with van der Waals surface area (Å²) in [6, 6.07) is 0. The van der Waals surface area contributed by atoms with Crippen LogP contribution in [-0.2, 0) is 0 Å². The van der Waals surface area contributed by atoms with E-state index in [1.807, 2.05) is 14.0 Å². The number of nitrogens with one attached hydrogen (secondary N) is 1. The minimum absolute atomic E-state index is 0.324. The smallest absolute Gasteiger partial charge is 0.221 e. The largest absolute Gasteiger partial charge is 0.474 e. The molecular weight excluding hydrogens is 214 g/mol. The van der Waals surface area contributed by atoms with Crippen molar-refractivity contribution in [3.8, 4) is 5.88 Å².